The summed E-state index contributed by atoms with van der Waals surface area (Å²) in [6, 6.07) is 12.6. The summed E-state index contributed by atoms with van der Waals surface area (Å²) >= 11 is 0. The third-order valence-electron chi connectivity index (χ3n) is 10.1. The number of aliphatic hydroxyl groups is 1. The first-order valence-electron chi connectivity index (χ1n) is 18.0. The third kappa shape index (κ3) is 10.2. The molecule has 1 aliphatic carbocycles. The number of carbonyl (C=O) groups excluding carboxylic acids is 1. The minimum Gasteiger partial charge on any atom is -0.504 e. The summed E-state index contributed by atoms with van der Waals surface area (Å²) in [4.78, 5) is 16.4. The number of esters is 1. The Bertz CT molecular complexity index is 1590. The molecule has 3 aromatic rings. The molecule has 0 spiro atoms. The second kappa shape index (κ2) is 17.9. The lowest BCUT2D eigenvalue weighted by molar-refractivity contribution is -0.163. The molecule has 1 saturated carbocycles. The van der Waals surface area contributed by atoms with E-state index in [4.69, 9.17) is 18.9 Å². The van der Waals surface area contributed by atoms with Gasteiger partial charge in [-0.05, 0) is 104 Å². The Balaban J connectivity index is 1.26. The van der Waals surface area contributed by atoms with Gasteiger partial charge >= 0.3 is 5.97 Å². The molecule has 10 nitrogen and oxygen atoms in total. The van der Waals surface area contributed by atoms with Gasteiger partial charge in [-0.1, -0.05) is 33.7 Å². The van der Waals surface area contributed by atoms with Crippen molar-refractivity contribution in [3.8, 4) is 28.7 Å². The first-order chi connectivity index (χ1) is 24.7. The number of aliphatic hydroxyl groups excluding tert-OH is 1. The lowest BCUT2D eigenvalue weighted by Crippen LogP contribution is -2.39. The van der Waals surface area contributed by atoms with Crippen molar-refractivity contribution in [3.63, 3.8) is 0 Å². The third-order valence-corrected chi connectivity index (χ3v) is 13.2. The normalized spacial score (nSPS) is 26.8. The van der Waals surface area contributed by atoms with Crippen LogP contribution in [0.4, 0.5) is 0 Å². The van der Waals surface area contributed by atoms with E-state index in [0.29, 0.717) is 48.2 Å². The van der Waals surface area contributed by atoms with Crippen LogP contribution in [0.5, 0.6) is 28.7 Å². The van der Waals surface area contributed by atoms with Crippen LogP contribution in [0.3, 0.4) is 0 Å². The standard InChI is InChI=1S/C39H49NO9S2/c1-24(42)47-31-20-34(28-18-33(44)39(45)37(19-28)46-14-11-25-5-3-12-40-22-25)49-35(21-31)29-15-26-9-10-32(43)36(16-26)48-30-7-2-6-27(17-30)38(8-4-13-41)51-50-23-29/h3,5,9-10,12,16,18-19,22,27,29-31,34-35,38,41,43-45H,2,4,6-8,11,13-15,17,20-21,23H2,1H3/t27-,29+,30-,31-,34-,35+,38-/m0/s1. The molecule has 2 aromatic carbocycles. The van der Waals surface area contributed by atoms with E-state index in [-0.39, 0.29) is 60.3 Å². The largest absolute Gasteiger partial charge is 0.504 e. The van der Waals surface area contributed by atoms with Gasteiger partial charge in [0.2, 0.25) is 5.75 Å². The van der Waals surface area contributed by atoms with Crippen LogP contribution in [-0.2, 0) is 27.1 Å². The van der Waals surface area contributed by atoms with Gasteiger partial charge < -0.3 is 39.4 Å². The van der Waals surface area contributed by atoms with Crippen molar-refractivity contribution in [1.82, 2.24) is 4.98 Å². The second-order valence-corrected chi connectivity index (χ2v) is 16.6. The predicted octanol–water partition coefficient (Wildman–Crippen LogP) is 7.30. The van der Waals surface area contributed by atoms with Crippen molar-refractivity contribution in [3.05, 3.63) is 71.5 Å². The van der Waals surface area contributed by atoms with Crippen LogP contribution < -0.4 is 9.47 Å². The zero-order chi connectivity index (χ0) is 35.7. The lowest BCUT2D eigenvalue weighted by Gasteiger charge is -2.39. The minimum atomic E-state index is -0.544. The SMILES string of the molecule is CC(=O)O[C@H]1C[C@@H](c2cc(O)c(O)c(OCCc3cccnc3)c2)O[C@@H]([C@H]2CSS[C@@H](CCCO)[C@H]3CCC[C@@H](C3)Oc3cc(ccc3O)C2)C1. The highest BCUT2D eigenvalue weighted by Crippen LogP contribution is 2.47. The maximum atomic E-state index is 12.3. The predicted molar refractivity (Wildman–Crippen MR) is 197 cm³/mol. The fourth-order valence-electron chi connectivity index (χ4n) is 7.55. The van der Waals surface area contributed by atoms with Gasteiger partial charge in [0.15, 0.2) is 23.0 Å². The molecule has 0 radical (unpaired) electrons. The second-order valence-electron chi connectivity index (χ2n) is 13.9. The van der Waals surface area contributed by atoms with E-state index in [0.717, 1.165) is 55.4 Å². The zero-order valence-electron chi connectivity index (χ0n) is 29.0. The van der Waals surface area contributed by atoms with Crippen molar-refractivity contribution >= 4 is 27.6 Å². The summed E-state index contributed by atoms with van der Waals surface area (Å²) in [6.07, 6.45) is 10.0. The number of ether oxygens (including phenoxy) is 4. The summed E-state index contributed by atoms with van der Waals surface area (Å²) in [5, 5.41) is 42.3. The molecule has 0 unspecified atom stereocenters. The molecule has 3 aliphatic rings. The van der Waals surface area contributed by atoms with E-state index >= 15 is 0 Å². The number of hydrogen-bond acceptors (Lipinski definition) is 12. The molecular weight excluding hydrogens is 691 g/mol. The molecule has 51 heavy (non-hydrogen) atoms. The van der Waals surface area contributed by atoms with Gasteiger partial charge in [-0.2, -0.15) is 0 Å². The zero-order valence-corrected chi connectivity index (χ0v) is 30.7. The monoisotopic (exact) mass is 739 g/mol. The maximum Gasteiger partial charge on any atom is 0.302 e. The summed E-state index contributed by atoms with van der Waals surface area (Å²) in [5.41, 5.74) is 2.62. The van der Waals surface area contributed by atoms with E-state index in [1.807, 2.05) is 45.9 Å². The molecule has 276 valence electrons. The lowest BCUT2D eigenvalue weighted by atomic mass is 9.83. The highest BCUT2D eigenvalue weighted by Gasteiger charge is 2.38. The number of phenols is 3. The van der Waals surface area contributed by atoms with Gasteiger partial charge in [0.25, 0.3) is 0 Å². The first kappa shape index (κ1) is 37.4. The topological polar surface area (TPSA) is 148 Å². The fourth-order valence-corrected chi connectivity index (χ4v) is 11.0. The molecule has 1 saturated heterocycles. The average Bonchev–Trinajstić information content (AvgIpc) is 3.12. The number of benzene rings is 2. The smallest absolute Gasteiger partial charge is 0.302 e. The van der Waals surface area contributed by atoms with Gasteiger partial charge in [0, 0.05) is 56.2 Å². The summed E-state index contributed by atoms with van der Waals surface area (Å²) in [6.45, 7) is 1.84. The quantitative estimate of drug-likeness (QED) is 0.0940. The molecule has 3 heterocycles. The Hall–Kier alpha value is -3.32. The van der Waals surface area contributed by atoms with Crippen LogP contribution in [0.25, 0.3) is 0 Å². The Morgan fingerprint density at radius 3 is 2.73 bits per heavy atom. The molecule has 6 rings (SSSR count). The highest BCUT2D eigenvalue weighted by molar-refractivity contribution is 8.76. The van der Waals surface area contributed by atoms with E-state index < -0.39 is 12.2 Å². The summed E-state index contributed by atoms with van der Waals surface area (Å²) in [7, 11) is 3.73. The van der Waals surface area contributed by atoms with Gasteiger partial charge in [0.05, 0.1) is 24.9 Å². The van der Waals surface area contributed by atoms with Crippen molar-refractivity contribution < 1.29 is 44.2 Å². The van der Waals surface area contributed by atoms with Gasteiger partial charge in [-0.15, -0.1) is 0 Å². The van der Waals surface area contributed by atoms with Crippen LogP contribution in [0, 0.1) is 11.8 Å². The van der Waals surface area contributed by atoms with Crippen LogP contribution in [0.1, 0.15) is 81.1 Å². The number of carbonyl (C=O) groups is 1. The number of pyridine rings is 1. The number of rotatable bonds is 10. The van der Waals surface area contributed by atoms with Gasteiger partial charge in [-0.25, -0.2) is 0 Å². The summed E-state index contributed by atoms with van der Waals surface area (Å²) in [5.74, 6) is 0.956. The number of fused-ring (bicyclic) bond motifs is 4. The van der Waals surface area contributed by atoms with E-state index in [2.05, 4.69) is 4.98 Å². The van der Waals surface area contributed by atoms with Crippen LogP contribution in [0.15, 0.2) is 54.9 Å². The molecule has 1 aromatic heterocycles. The van der Waals surface area contributed by atoms with Crippen LogP contribution >= 0.6 is 21.6 Å². The van der Waals surface area contributed by atoms with Crippen molar-refractivity contribution in [2.45, 2.75) is 101 Å². The summed E-state index contributed by atoms with van der Waals surface area (Å²) < 4.78 is 25.1. The maximum absolute atomic E-state index is 12.3. The molecule has 7 atom stereocenters. The Labute approximate surface area is 307 Å². The fraction of sp³-hybridized carbons (Fsp3) is 0.538. The molecule has 12 heteroatoms. The Kier molecular flexibility index (Phi) is 13.2. The van der Waals surface area contributed by atoms with Crippen LogP contribution in [-0.4, -0.2) is 73.9 Å². The highest BCUT2D eigenvalue weighted by atomic mass is 33.1. The van der Waals surface area contributed by atoms with Gasteiger partial charge in [0.1, 0.15) is 6.10 Å². The average molecular weight is 740 g/mol. The number of hydrogen-bond donors (Lipinski definition) is 4. The van der Waals surface area contributed by atoms with Crippen molar-refractivity contribution in [2.24, 2.45) is 11.8 Å². The molecule has 2 fully saturated rings. The number of nitrogens with zero attached hydrogens (tertiary/aromatic N) is 1. The Morgan fingerprint density at radius 2 is 1.92 bits per heavy atom. The van der Waals surface area contributed by atoms with Crippen molar-refractivity contribution in [1.29, 1.82) is 0 Å². The van der Waals surface area contributed by atoms with E-state index in [1.54, 1.807) is 24.5 Å². The molecule has 4 N–H and O–H groups in total. The number of aromatic nitrogens is 1. The number of aromatic hydroxyl groups is 3. The van der Waals surface area contributed by atoms with Crippen LogP contribution in [0.2, 0.25) is 0 Å². The molecular formula is C39H49NO9S2. The van der Waals surface area contributed by atoms with E-state index in [1.165, 1.54) is 13.0 Å². The molecule has 2 aliphatic heterocycles. The Morgan fingerprint density at radius 1 is 1.04 bits per heavy atom. The van der Waals surface area contributed by atoms with Crippen molar-refractivity contribution in [2.75, 3.05) is 19.0 Å². The molecule has 0 amide bonds. The van der Waals surface area contributed by atoms with E-state index in [9.17, 15) is 25.2 Å². The first-order valence-corrected chi connectivity index (χ1v) is 20.4. The molecule has 4 bridgehead atoms. The number of phenolic OH excluding ortho intramolecular Hbond substituents is 3. The minimum absolute atomic E-state index is 0.000264. The van der Waals surface area contributed by atoms with Gasteiger partial charge in [-0.3, -0.25) is 9.78 Å².